The molecule has 0 saturated carbocycles. The molecule has 10 heteroatoms. The smallest absolute Gasteiger partial charge is 0.310 e. The lowest BCUT2D eigenvalue weighted by atomic mass is 10.00. The summed E-state index contributed by atoms with van der Waals surface area (Å²) in [5.41, 5.74) is 0. The van der Waals surface area contributed by atoms with Gasteiger partial charge in [0.25, 0.3) is 5.91 Å². The van der Waals surface area contributed by atoms with Crippen molar-refractivity contribution in [2.75, 3.05) is 33.9 Å². The molecule has 31 heavy (non-hydrogen) atoms. The minimum absolute atomic E-state index is 0.0175. The third-order valence-electron chi connectivity index (χ3n) is 5.15. The maximum atomic E-state index is 12.9. The number of piperidine rings is 1. The molecule has 1 unspecified atom stereocenters. The number of ether oxygens (including phenoxy) is 2. The van der Waals surface area contributed by atoms with Crippen molar-refractivity contribution < 1.29 is 31.9 Å². The van der Waals surface area contributed by atoms with Crippen molar-refractivity contribution in [1.82, 2.24) is 9.21 Å². The number of hydrogen-bond donors (Lipinski definition) is 0. The Hall–Kier alpha value is -2.85. The fraction of sp³-hybridized carbons (Fsp3) is 0.429. The Morgan fingerprint density at radius 2 is 1.97 bits per heavy atom. The summed E-state index contributed by atoms with van der Waals surface area (Å²) in [6, 6.07) is 9.58. The quantitative estimate of drug-likeness (QED) is 0.566. The number of esters is 1. The third kappa shape index (κ3) is 5.65. The Bertz CT molecular complexity index is 987. The number of methoxy groups -OCH3 is 1. The van der Waals surface area contributed by atoms with Crippen LogP contribution in [0.2, 0.25) is 0 Å². The van der Waals surface area contributed by atoms with E-state index in [1.165, 1.54) is 34.7 Å². The van der Waals surface area contributed by atoms with Crippen molar-refractivity contribution in [3.05, 3.63) is 48.4 Å². The molecule has 2 heterocycles. The van der Waals surface area contributed by atoms with E-state index in [4.69, 9.17) is 13.9 Å². The number of hydrogen-bond acceptors (Lipinski definition) is 7. The molecule has 3 rings (SSSR count). The summed E-state index contributed by atoms with van der Waals surface area (Å²) in [7, 11) is -0.653. The van der Waals surface area contributed by atoms with Crippen LogP contribution in [-0.2, 0) is 30.9 Å². The minimum Gasteiger partial charge on any atom is -0.497 e. The lowest BCUT2D eigenvalue weighted by molar-refractivity contribution is -0.156. The highest BCUT2D eigenvalue weighted by Crippen LogP contribution is 2.25. The topological polar surface area (TPSA) is 106 Å². The molecule has 168 valence electrons. The molecule has 1 saturated heterocycles. The van der Waals surface area contributed by atoms with Gasteiger partial charge in [-0.2, -0.15) is 4.31 Å². The van der Waals surface area contributed by atoms with Crippen LogP contribution in [-0.4, -0.2) is 63.4 Å². The Balaban J connectivity index is 1.55. The van der Waals surface area contributed by atoms with E-state index in [2.05, 4.69) is 0 Å². The first kappa shape index (κ1) is 22.8. The van der Waals surface area contributed by atoms with E-state index in [1.54, 1.807) is 31.3 Å². The minimum atomic E-state index is -3.74. The molecular weight excluding hydrogens is 424 g/mol. The van der Waals surface area contributed by atoms with Crippen LogP contribution in [0, 0.1) is 5.92 Å². The van der Waals surface area contributed by atoms with Crippen LogP contribution < -0.4 is 4.74 Å². The highest BCUT2D eigenvalue weighted by atomic mass is 32.2. The number of benzene rings is 1. The summed E-state index contributed by atoms with van der Waals surface area (Å²) in [4.78, 5) is 26.2. The molecule has 9 nitrogen and oxygen atoms in total. The first-order chi connectivity index (χ1) is 14.8. The van der Waals surface area contributed by atoms with Gasteiger partial charge in [0.05, 0.1) is 30.7 Å². The molecule has 1 amide bonds. The van der Waals surface area contributed by atoms with E-state index in [0.717, 1.165) is 0 Å². The maximum Gasteiger partial charge on any atom is 0.310 e. The van der Waals surface area contributed by atoms with Gasteiger partial charge in [-0.15, -0.1) is 0 Å². The zero-order valence-corrected chi connectivity index (χ0v) is 18.3. The number of nitrogens with zero attached hydrogens (tertiary/aromatic N) is 2. The SMILES string of the molecule is COc1ccc(S(=O)(=O)N2CCCC(C(=O)OCC(=O)N(C)Cc3ccco3)C2)cc1. The molecule has 1 aromatic heterocycles. The van der Waals surface area contributed by atoms with Gasteiger partial charge in [0, 0.05) is 20.1 Å². The van der Waals surface area contributed by atoms with Gasteiger partial charge >= 0.3 is 5.97 Å². The van der Waals surface area contributed by atoms with Gasteiger partial charge in [-0.25, -0.2) is 8.42 Å². The Morgan fingerprint density at radius 1 is 1.23 bits per heavy atom. The van der Waals surface area contributed by atoms with Crippen molar-refractivity contribution in [2.24, 2.45) is 5.92 Å². The molecule has 1 atom stereocenters. The Kier molecular flexibility index (Phi) is 7.34. The largest absolute Gasteiger partial charge is 0.497 e. The van der Waals surface area contributed by atoms with Crippen LogP contribution in [0.1, 0.15) is 18.6 Å². The molecule has 0 bridgehead atoms. The lowest BCUT2D eigenvalue weighted by Gasteiger charge is -2.30. The van der Waals surface area contributed by atoms with Gasteiger partial charge in [-0.3, -0.25) is 9.59 Å². The Morgan fingerprint density at radius 3 is 2.61 bits per heavy atom. The van der Waals surface area contributed by atoms with Gasteiger partial charge in [-0.05, 0) is 49.2 Å². The van der Waals surface area contributed by atoms with Gasteiger partial charge in [0.1, 0.15) is 11.5 Å². The number of rotatable bonds is 8. The van der Waals surface area contributed by atoms with Crippen molar-refractivity contribution in [1.29, 1.82) is 0 Å². The number of carbonyl (C=O) groups is 2. The summed E-state index contributed by atoms with van der Waals surface area (Å²) in [5, 5.41) is 0. The predicted molar refractivity (Wildman–Crippen MR) is 111 cm³/mol. The molecule has 1 aliphatic rings. The van der Waals surface area contributed by atoms with E-state index in [0.29, 0.717) is 30.9 Å². The fourth-order valence-electron chi connectivity index (χ4n) is 3.34. The normalized spacial score (nSPS) is 17.2. The monoisotopic (exact) mass is 450 g/mol. The summed E-state index contributed by atoms with van der Waals surface area (Å²) in [6.45, 7) is 0.199. The van der Waals surface area contributed by atoms with Gasteiger partial charge in [0.15, 0.2) is 6.61 Å². The molecule has 0 aliphatic carbocycles. The second kappa shape index (κ2) is 9.97. The molecule has 0 spiro atoms. The molecule has 1 fully saturated rings. The van der Waals surface area contributed by atoms with Crippen LogP contribution in [0.5, 0.6) is 5.75 Å². The van der Waals surface area contributed by atoms with E-state index in [-0.39, 0.29) is 23.9 Å². The number of furan rings is 1. The van der Waals surface area contributed by atoms with Crippen molar-refractivity contribution in [2.45, 2.75) is 24.3 Å². The fourth-order valence-corrected chi connectivity index (χ4v) is 4.86. The van der Waals surface area contributed by atoms with Crippen molar-refractivity contribution in [3.8, 4) is 5.75 Å². The van der Waals surface area contributed by atoms with E-state index < -0.39 is 28.5 Å². The Labute approximate surface area is 181 Å². The van der Waals surface area contributed by atoms with E-state index in [1.807, 2.05) is 0 Å². The number of likely N-dealkylation sites (N-methyl/N-ethyl adjacent to an activating group) is 1. The van der Waals surface area contributed by atoms with Gasteiger partial charge in [0.2, 0.25) is 10.0 Å². The lowest BCUT2D eigenvalue weighted by Crippen LogP contribution is -2.43. The zero-order valence-electron chi connectivity index (χ0n) is 17.5. The van der Waals surface area contributed by atoms with E-state index >= 15 is 0 Å². The average Bonchev–Trinajstić information content (AvgIpc) is 3.30. The van der Waals surface area contributed by atoms with Gasteiger partial charge < -0.3 is 18.8 Å². The molecule has 0 N–H and O–H groups in total. The van der Waals surface area contributed by atoms with Crippen LogP contribution in [0.4, 0.5) is 0 Å². The van der Waals surface area contributed by atoms with Crippen molar-refractivity contribution >= 4 is 21.9 Å². The molecular formula is C21H26N2O7S. The number of carbonyl (C=O) groups excluding carboxylic acids is 2. The summed E-state index contributed by atoms with van der Waals surface area (Å²) < 4.78 is 42.6. The molecule has 2 aromatic rings. The summed E-state index contributed by atoms with van der Waals surface area (Å²) in [6.07, 6.45) is 2.55. The van der Waals surface area contributed by atoms with Gasteiger partial charge in [-0.1, -0.05) is 0 Å². The zero-order chi connectivity index (χ0) is 22.4. The second-order valence-electron chi connectivity index (χ2n) is 7.31. The highest BCUT2D eigenvalue weighted by molar-refractivity contribution is 7.89. The standard InChI is InChI=1S/C21H26N2O7S/c1-22(14-18-6-4-12-29-18)20(24)15-30-21(25)16-5-3-11-23(13-16)31(26,27)19-9-7-17(28-2)8-10-19/h4,6-10,12,16H,3,5,11,13-15H2,1-2H3. The third-order valence-corrected chi connectivity index (χ3v) is 7.03. The number of amides is 1. The highest BCUT2D eigenvalue weighted by Gasteiger charge is 2.34. The summed E-state index contributed by atoms with van der Waals surface area (Å²) >= 11 is 0. The van der Waals surface area contributed by atoms with Crippen LogP contribution in [0.3, 0.4) is 0 Å². The van der Waals surface area contributed by atoms with E-state index in [9.17, 15) is 18.0 Å². The van der Waals surface area contributed by atoms with Crippen molar-refractivity contribution in [3.63, 3.8) is 0 Å². The first-order valence-corrected chi connectivity index (χ1v) is 11.3. The maximum absolute atomic E-state index is 12.9. The van der Waals surface area contributed by atoms with Crippen LogP contribution >= 0.6 is 0 Å². The van der Waals surface area contributed by atoms with Crippen LogP contribution in [0.25, 0.3) is 0 Å². The number of sulfonamides is 1. The molecule has 1 aliphatic heterocycles. The average molecular weight is 451 g/mol. The second-order valence-corrected chi connectivity index (χ2v) is 9.25. The summed E-state index contributed by atoms with van der Waals surface area (Å²) in [5.74, 6) is -0.392. The molecule has 1 aromatic carbocycles. The first-order valence-electron chi connectivity index (χ1n) is 9.88. The van der Waals surface area contributed by atoms with Crippen LogP contribution in [0.15, 0.2) is 52.0 Å². The predicted octanol–water partition coefficient (Wildman–Crippen LogP) is 1.89. The molecule has 0 radical (unpaired) electrons.